The van der Waals surface area contributed by atoms with Gasteiger partial charge in [0.25, 0.3) is 0 Å². The van der Waals surface area contributed by atoms with Crippen LogP contribution in [0.5, 0.6) is 0 Å². The minimum absolute atomic E-state index is 0.595. The van der Waals surface area contributed by atoms with Crippen LogP contribution in [0.25, 0.3) is 0 Å². The molecule has 0 aliphatic heterocycles. The predicted molar refractivity (Wildman–Crippen MR) is 65.8 cm³/mol. The van der Waals surface area contributed by atoms with Gasteiger partial charge in [0.05, 0.1) is 0 Å². The van der Waals surface area contributed by atoms with Crippen molar-refractivity contribution in [3.63, 3.8) is 0 Å². The van der Waals surface area contributed by atoms with Gasteiger partial charge in [-0.2, -0.15) is 0 Å². The zero-order valence-electron chi connectivity index (χ0n) is 10.2. The van der Waals surface area contributed by atoms with Gasteiger partial charge >= 0.3 is 0 Å². The summed E-state index contributed by atoms with van der Waals surface area (Å²) in [6, 6.07) is 9.36. The average Bonchev–Trinajstić information content (AvgIpc) is 2.18. The molecule has 15 heavy (non-hydrogen) atoms. The van der Waals surface area contributed by atoms with E-state index in [-0.39, 0.29) is 0 Å². The maximum atomic E-state index is 3.17. The Morgan fingerprint density at radius 3 is 2.53 bits per heavy atom. The van der Waals surface area contributed by atoms with Crippen molar-refractivity contribution in [3.05, 3.63) is 35.4 Å². The van der Waals surface area contributed by atoms with Crippen LogP contribution in [0.3, 0.4) is 0 Å². The molecular weight excluding hydrogens is 184 g/mol. The molecule has 0 heterocycles. The summed E-state index contributed by atoms with van der Waals surface area (Å²) in [5.41, 5.74) is 2.74. The van der Waals surface area contributed by atoms with E-state index in [9.17, 15) is 0 Å². The number of nitrogens with zero attached hydrogens (tertiary/aromatic N) is 1. The van der Waals surface area contributed by atoms with Crippen LogP contribution in [-0.2, 0) is 13.1 Å². The van der Waals surface area contributed by atoms with E-state index in [1.165, 1.54) is 11.1 Å². The summed E-state index contributed by atoms with van der Waals surface area (Å²) in [5.74, 6) is 0. The van der Waals surface area contributed by atoms with Crippen LogP contribution in [0, 0.1) is 0 Å². The first-order valence-corrected chi connectivity index (χ1v) is 5.56. The summed E-state index contributed by atoms with van der Waals surface area (Å²) in [6.07, 6.45) is 0. The fourth-order valence-corrected chi connectivity index (χ4v) is 1.51. The van der Waals surface area contributed by atoms with Crippen molar-refractivity contribution < 1.29 is 0 Å². The highest BCUT2D eigenvalue weighted by Crippen LogP contribution is 2.09. The number of rotatable bonds is 5. The van der Waals surface area contributed by atoms with Gasteiger partial charge in [-0.15, -0.1) is 0 Å². The molecule has 1 rings (SSSR count). The highest BCUT2D eigenvalue weighted by Gasteiger charge is 2.04. The quantitative estimate of drug-likeness (QED) is 0.795. The monoisotopic (exact) mass is 206 g/mol. The smallest absolute Gasteiger partial charge is 0.0233 e. The molecule has 0 aromatic heterocycles. The van der Waals surface area contributed by atoms with Crippen LogP contribution in [0.2, 0.25) is 0 Å². The van der Waals surface area contributed by atoms with Gasteiger partial charge in [-0.3, -0.25) is 4.90 Å². The molecular formula is C13H22N2. The van der Waals surface area contributed by atoms with Gasteiger partial charge < -0.3 is 5.32 Å². The lowest BCUT2D eigenvalue weighted by atomic mass is 10.1. The SMILES string of the molecule is CNCc1cccc(CN(C)C(C)C)c1. The second-order valence-electron chi connectivity index (χ2n) is 4.36. The highest BCUT2D eigenvalue weighted by molar-refractivity contribution is 5.23. The third-order valence-corrected chi connectivity index (χ3v) is 2.69. The van der Waals surface area contributed by atoms with Gasteiger partial charge in [0, 0.05) is 19.1 Å². The topological polar surface area (TPSA) is 15.3 Å². The minimum atomic E-state index is 0.595. The van der Waals surface area contributed by atoms with Crippen LogP contribution in [0.4, 0.5) is 0 Å². The molecule has 2 nitrogen and oxygen atoms in total. The zero-order valence-corrected chi connectivity index (χ0v) is 10.2. The van der Waals surface area contributed by atoms with Gasteiger partial charge in [0.1, 0.15) is 0 Å². The Morgan fingerprint density at radius 1 is 1.27 bits per heavy atom. The lowest BCUT2D eigenvalue weighted by molar-refractivity contribution is 0.266. The largest absolute Gasteiger partial charge is 0.316 e. The Balaban J connectivity index is 2.64. The van der Waals surface area contributed by atoms with E-state index in [4.69, 9.17) is 0 Å². The van der Waals surface area contributed by atoms with E-state index in [1.54, 1.807) is 0 Å². The molecule has 0 aliphatic rings. The molecule has 1 aromatic rings. The van der Waals surface area contributed by atoms with Crippen LogP contribution in [0.1, 0.15) is 25.0 Å². The number of nitrogens with one attached hydrogen (secondary N) is 1. The molecule has 84 valence electrons. The number of hydrogen-bond acceptors (Lipinski definition) is 2. The van der Waals surface area contributed by atoms with E-state index in [0.717, 1.165) is 13.1 Å². The molecule has 1 aromatic carbocycles. The molecule has 0 bridgehead atoms. The Hall–Kier alpha value is -0.860. The van der Waals surface area contributed by atoms with E-state index in [0.29, 0.717) is 6.04 Å². The van der Waals surface area contributed by atoms with Crippen LogP contribution in [-0.4, -0.2) is 25.0 Å². The van der Waals surface area contributed by atoms with Crippen LogP contribution >= 0.6 is 0 Å². The zero-order chi connectivity index (χ0) is 11.3. The first-order chi connectivity index (χ1) is 7.13. The van der Waals surface area contributed by atoms with Crippen molar-refractivity contribution in [1.82, 2.24) is 10.2 Å². The normalized spacial score (nSPS) is 11.3. The molecule has 0 radical (unpaired) electrons. The summed E-state index contributed by atoms with van der Waals surface area (Å²) in [4.78, 5) is 2.35. The third kappa shape index (κ3) is 4.02. The van der Waals surface area contributed by atoms with E-state index in [2.05, 4.69) is 55.4 Å². The maximum Gasteiger partial charge on any atom is 0.0233 e. The summed E-state index contributed by atoms with van der Waals surface area (Å²) < 4.78 is 0. The molecule has 0 unspecified atom stereocenters. The summed E-state index contributed by atoms with van der Waals surface area (Å²) in [6.45, 7) is 6.41. The van der Waals surface area contributed by atoms with Crippen LogP contribution < -0.4 is 5.32 Å². The van der Waals surface area contributed by atoms with Gasteiger partial charge in [-0.25, -0.2) is 0 Å². The highest BCUT2D eigenvalue weighted by atomic mass is 15.1. The molecule has 1 N–H and O–H groups in total. The van der Waals surface area contributed by atoms with Gasteiger partial charge in [0.2, 0.25) is 0 Å². The fourth-order valence-electron chi connectivity index (χ4n) is 1.51. The Kier molecular flexibility index (Phi) is 4.79. The average molecular weight is 206 g/mol. The standard InChI is InChI=1S/C13H22N2/c1-11(2)15(4)10-13-7-5-6-12(8-13)9-14-3/h5-8,11,14H,9-10H2,1-4H3. The molecule has 0 saturated heterocycles. The minimum Gasteiger partial charge on any atom is -0.316 e. The fraction of sp³-hybridized carbons (Fsp3) is 0.538. The molecule has 2 heteroatoms. The molecule has 0 amide bonds. The van der Waals surface area contributed by atoms with Crippen molar-refractivity contribution in [1.29, 1.82) is 0 Å². The predicted octanol–water partition coefficient (Wildman–Crippen LogP) is 2.25. The molecule has 0 fully saturated rings. The van der Waals surface area contributed by atoms with E-state index in [1.807, 2.05) is 7.05 Å². The van der Waals surface area contributed by atoms with E-state index < -0.39 is 0 Å². The Labute approximate surface area is 93.3 Å². The Bertz CT molecular complexity index is 294. The van der Waals surface area contributed by atoms with Gasteiger partial charge in [-0.1, -0.05) is 24.3 Å². The van der Waals surface area contributed by atoms with Crippen LogP contribution in [0.15, 0.2) is 24.3 Å². The Morgan fingerprint density at radius 2 is 1.93 bits per heavy atom. The molecule has 0 spiro atoms. The van der Waals surface area contributed by atoms with Crippen molar-refractivity contribution in [2.75, 3.05) is 14.1 Å². The van der Waals surface area contributed by atoms with Crippen molar-refractivity contribution in [2.45, 2.75) is 33.0 Å². The molecule has 0 atom stereocenters. The summed E-state index contributed by atoms with van der Waals surface area (Å²) >= 11 is 0. The lowest BCUT2D eigenvalue weighted by Gasteiger charge is -2.21. The third-order valence-electron chi connectivity index (χ3n) is 2.69. The summed E-state index contributed by atoms with van der Waals surface area (Å²) in [5, 5.41) is 3.17. The second kappa shape index (κ2) is 5.89. The van der Waals surface area contributed by atoms with Crippen molar-refractivity contribution in [2.24, 2.45) is 0 Å². The van der Waals surface area contributed by atoms with Gasteiger partial charge in [0.15, 0.2) is 0 Å². The second-order valence-corrected chi connectivity index (χ2v) is 4.36. The van der Waals surface area contributed by atoms with Crippen molar-refractivity contribution in [3.8, 4) is 0 Å². The molecule has 0 aliphatic carbocycles. The van der Waals surface area contributed by atoms with Gasteiger partial charge in [-0.05, 0) is 39.1 Å². The first kappa shape index (κ1) is 12.2. The lowest BCUT2D eigenvalue weighted by Crippen LogP contribution is -2.25. The van der Waals surface area contributed by atoms with E-state index >= 15 is 0 Å². The number of benzene rings is 1. The number of hydrogen-bond donors (Lipinski definition) is 1. The first-order valence-electron chi connectivity index (χ1n) is 5.56. The molecule has 0 saturated carbocycles. The van der Waals surface area contributed by atoms with Crippen molar-refractivity contribution >= 4 is 0 Å². The maximum absolute atomic E-state index is 3.17. The summed E-state index contributed by atoms with van der Waals surface area (Å²) in [7, 11) is 4.14.